The summed E-state index contributed by atoms with van der Waals surface area (Å²) in [6, 6.07) is 12.9. The van der Waals surface area contributed by atoms with E-state index in [2.05, 4.69) is 10.6 Å². The average Bonchev–Trinajstić information content (AvgIpc) is 2.83. The Hall–Kier alpha value is -3.17. The molecule has 2 atom stereocenters. The van der Waals surface area contributed by atoms with Crippen LogP contribution in [0.1, 0.15) is 24.2 Å². The van der Waals surface area contributed by atoms with Gasteiger partial charge in [-0.3, -0.25) is 9.59 Å². The van der Waals surface area contributed by atoms with Crippen LogP contribution >= 0.6 is 46.4 Å². The van der Waals surface area contributed by atoms with Crippen LogP contribution in [0.3, 0.4) is 0 Å². The van der Waals surface area contributed by atoms with E-state index in [0.717, 1.165) is 0 Å². The van der Waals surface area contributed by atoms with Gasteiger partial charge in [0.05, 0.1) is 27.0 Å². The zero-order chi connectivity index (χ0) is 27.3. The molecular formula is C25H20Cl4N2O6. The van der Waals surface area contributed by atoms with Crippen LogP contribution in [0.4, 0.5) is 11.4 Å². The van der Waals surface area contributed by atoms with E-state index in [4.69, 9.17) is 55.9 Å². The Bertz CT molecular complexity index is 1350. The maximum atomic E-state index is 12.8. The first-order chi connectivity index (χ1) is 17.4. The Balaban J connectivity index is 1.76. The van der Waals surface area contributed by atoms with Crippen LogP contribution in [0, 0.1) is 0 Å². The number of amides is 2. The lowest BCUT2D eigenvalue weighted by Crippen LogP contribution is -2.32. The van der Waals surface area contributed by atoms with E-state index in [1.165, 1.54) is 56.3 Å². The Morgan fingerprint density at radius 2 is 1.16 bits per heavy atom. The largest absolute Gasteiger partial charge is 0.479 e. The monoisotopic (exact) mass is 584 g/mol. The van der Waals surface area contributed by atoms with Crippen LogP contribution in [-0.4, -0.2) is 35.1 Å². The summed E-state index contributed by atoms with van der Waals surface area (Å²) in [4.78, 5) is 37.1. The van der Waals surface area contributed by atoms with Crippen LogP contribution in [-0.2, 0) is 9.59 Å². The molecule has 0 unspecified atom stereocenters. The number of ether oxygens (including phenoxy) is 2. The van der Waals surface area contributed by atoms with Gasteiger partial charge in [0.2, 0.25) is 0 Å². The van der Waals surface area contributed by atoms with Crippen molar-refractivity contribution in [1.82, 2.24) is 0 Å². The summed E-state index contributed by atoms with van der Waals surface area (Å²) in [5.74, 6) is -1.95. The molecular weight excluding hydrogens is 566 g/mol. The summed E-state index contributed by atoms with van der Waals surface area (Å²) in [5, 5.41) is 15.8. The molecule has 3 aromatic rings. The summed E-state index contributed by atoms with van der Waals surface area (Å²) in [6.07, 6.45) is -2.04. The van der Waals surface area contributed by atoms with E-state index in [1.807, 2.05) is 0 Å². The van der Waals surface area contributed by atoms with Gasteiger partial charge in [-0.1, -0.05) is 46.4 Å². The quantitative estimate of drug-likeness (QED) is 0.254. The molecule has 0 saturated carbocycles. The van der Waals surface area contributed by atoms with E-state index in [1.54, 1.807) is 12.1 Å². The van der Waals surface area contributed by atoms with Crippen molar-refractivity contribution in [2.24, 2.45) is 0 Å². The van der Waals surface area contributed by atoms with E-state index < -0.39 is 30.0 Å². The number of carboxylic acid groups (broad SMARTS) is 1. The first-order valence-electron chi connectivity index (χ1n) is 10.7. The molecule has 0 saturated heterocycles. The third kappa shape index (κ3) is 7.66. The van der Waals surface area contributed by atoms with Gasteiger partial charge in [-0.15, -0.1) is 0 Å². The summed E-state index contributed by atoms with van der Waals surface area (Å²) in [6.45, 7) is 2.97. The van der Waals surface area contributed by atoms with Crippen molar-refractivity contribution in [2.45, 2.75) is 26.1 Å². The second-order valence-electron chi connectivity index (χ2n) is 7.71. The van der Waals surface area contributed by atoms with Gasteiger partial charge in [0.1, 0.15) is 11.5 Å². The topological polar surface area (TPSA) is 114 Å². The lowest BCUT2D eigenvalue weighted by molar-refractivity contribution is -0.122. The van der Waals surface area contributed by atoms with Gasteiger partial charge in [0.15, 0.2) is 12.2 Å². The standard InChI is InChI=1S/C25H20Cl4N2O6/c1-12(36-21-7-4-15(26)10-17(21)28)23(32)30-19-6-3-14(25(34)35)9-20(19)31-24(33)13(2)37-22-8-5-16(27)11-18(22)29/h3-13H,1-2H3,(H,30,32)(H,31,33)(H,34,35)/t12-,13+/m1/s1. The Kier molecular flexibility index (Phi) is 9.50. The normalized spacial score (nSPS) is 12.3. The van der Waals surface area contributed by atoms with E-state index in [0.29, 0.717) is 10.0 Å². The third-order valence-corrected chi connectivity index (χ3v) is 5.98. The maximum absolute atomic E-state index is 12.8. The molecule has 0 aliphatic heterocycles. The number of halogens is 4. The summed E-state index contributed by atoms with van der Waals surface area (Å²) < 4.78 is 11.2. The molecule has 0 bridgehead atoms. The Labute approximate surface area is 232 Å². The number of hydrogen-bond donors (Lipinski definition) is 3. The molecule has 0 aromatic heterocycles. The predicted octanol–water partition coefficient (Wildman–Crippen LogP) is 6.81. The number of carbonyl (C=O) groups is 3. The number of carbonyl (C=O) groups excluding carboxylic acids is 2. The molecule has 12 heteroatoms. The van der Waals surface area contributed by atoms with Gasteiger partial charge in [-0.05, 0) is 68.4 Å². The highest BCUT2D eigenvalue weighted by atomic mass is 35.5. The highest BCUT2D eigenvalue weighted by molar-refractivity contribution is 6.36. The zero-order valence-corrected chi connectivity index (χ0v) is 22.4. The third-order valence-electron chi connectivity index (χ3n) is 4.92. The molecule has 2 amide bonds. The number of nitrogens with one attached hydrogen (secondary N) is 2. The number of anilines is 2. The highest BCUT2D eigenvalue weighted by Crippen LogP contribution is 2.30. The van der Waals surface area contributed by atoms with Crippen molar-refractivity contribution >= 4 is 75.6 Å². The lowest BCUT2D eigenvalue weighted by atomic mass is 10.1. The van der Waals surface area contributed by atoms with Crippen LogP contribution in [0.25, 0.3) is 0 Å². The molecule has 0 aliphatic carbocycles. The molecule has 0 heterocycles. The molecule has 194 valence electrons. The molecule has 0 spiro atoms. The average molecular weight is 586 g/mol. The van der Waals surface area contributed by atoms with Crippen molar-refractivity contribution in [3.05, 3.63) is 80.3 Å². The molecule has 37 heavy (non-hydrogen) atoms. The van der Waals surface area contributed by atoms with Crippen molar-refractivity contribution in [3.8, 4) is 11.5 Å². The fourth-order valence-corrected chi connectivity index (χ4v) is 3.89. The predicted molar refractivity (Wildman–Crippen MR) is 144 cm³/mol. The summed E-state index contributed by atoms with van der Waals surface area (Å²) >= 11 is 24.0. The smallest absolute Gasteiger partial charge is 0.335 e. The minimum atomic E-state index is -1.22. The molecule has 3 aromatic carbocycles. The first kappa shape index (κ1) is 28.4. The first-order valence-corrected chi connectivity index (χ1v) is 12.2. The number of hydrogen-bond acceptors (Lipinski definition) is 5. The molecule has 3 rings (SSSR count). The van der Waals surface area contributed by atoms with Crippen LogP contribution in [0.15, 0.2) is 54.6 Å². The Morgan fingerprint density at radius 3 is 1.59 bits per heavy atom. The van der Waals surface area contributed by atoms with E-state index in [9.17, 15) is 19.5 Å². The minimum absolute atomic E-state index is 0.0348. The number of carboxylic acids is 1. The van der Waals surface area contributed by atoms with Crippen LogP contribution in [0.2, 0.25) is 20.1 Å². The second-order valence-corrected chi connectivity index (χ2v) is 9.40. The van der Waals surface area contributed by atoms with E-state index in [-0.39, 0.29) is 38.5 Å². The molecule has 0 fully saturated rings. The second kappa shape index (κ2) is 12.4. The fourth-order valence-electron chi connectivity index (χ4n) is 2.99. The fraction of sp³-hybridized carbons (Fsp3) is 0.160. The summed E-state index contributed by atoms with van der Waals surface area (Å²) in [7, 11) is 0. The van der Waals surface area contributed by atoms with Gasteiger partial charge >= 0.3 is 5.97 Å². The van der Waals surface area contributed by atoms with Crippen molar-refractivity contribution in [2.75, 3.05) is 10.6 Å². The van der Waals surface area contributed by atoms with Crippen molar-refractivity contribution in [1.29, 1.82) is 0 Å². The van der Waals surface area contributed by atoms with Crippen molar-refractivity contribution in [3.63, 3.8) is 0 Å². The van der Waals surface area contributed by atoms with Gasteiger partial charge < -0.3 is 25.2 Å². The SMILES string of the molecule is C[C@H](Oc1ccc(Cl)cc1Cl)C(=O)Nc1cc(C(=O)O)ccc1NC(=O)[C@@H](C)Oc1ccc(Cl)cc1Cl. The zero-order valence-electron chi connectivity index (χ0n) is 19.4. The van der Waals surface area contributed by atoms with Gasteiger partial charge in [0, 0.05) is 10.0 Å². The van der Waals surface area contributed by atoms with Crippen molar-refractivity contribution < 1.29 is 29.0 Å². The lowest BCUT2D eigenvalue weighted by Gasteiger charge is -2.19. The van der Waals surface area contributed by atoms with Gasteiger partial charge in [0.25, 0.3) is 11.8 Å². The molecule has 0 radical (unpaired) electrons. The number of benzene rings is 3. The minimum Gasteiger partial charge on any atom is -0.479 e. The van der Waals surface area contributed by atoms with Crippen LogP contribution < -0.4 is 20.1 Å². The summed E-state index contributed by atoms with van der Waals surface area (Å²) in [5.41, 5.74) is 0.0604. The number of rotatable bonds is 9. The van der Waals surface area contributed by atoms with Crippen LogP contribution in [0.5, 0.6) is 11.5 Å². The molecule has 0 aliphatic rings. The highest BCUT2D eigenvalue weighted by Gasteiger charge is 2.22. The van der Waals surface area contributed by atoms with Gasteiger partial charge in [-0.2, -0.15) is 0 Å². The molecule has 8 nitrogen and oxygen atoms in total. The maximum Gasteiger partial charge on any atom is 0.335 e. The number of aromatic carboxylic acids is 1. The molecule has 3 N–H and O–H groups in total. The van der Waals surface area contributed by atoms with E-state index >= 15 is 0 Å². The Morgan fingerprint density at radius 1 is 0.703 bits per heavy atom. The van der Waals surface area contributed by atoms with Gasteiger partial charge in [-0.25, -0.2) is 4.79 Å².